The molecule has 2 heterocycles. The van der Waals surface area contributed by atoms with Crippen LogP contribution in [0.3, 0.4) is 0 Å². The van der Waals surface area contributed by atoms with E-state index >= 15 is 0 Å². The Kier molecular flexibility index (Phi) is 3.42. The molecule has 0 spiro atoms. The number of rotatable bonds is 2. The van der Waals surface area contributed by atoms with Crippen LogP contribution in [0.5, 0.6) is 0 Å². The Morgan fingerprint density at radius 2 is 1.90 bits per heavy atom. The van der Waals surface area contributed by atoms with Gasteiger partial charge in [-0.2, -0.15) is 5.10 Å². The fourth-order valence-corrected chi connectivity index (χ4v) is 2.28. The van der Waals surface area contributed by atoms with Gasteiger partial charge in [0.25, 0.3) is 5.56 Å². The van der Waals surface area contributed by atoms with Crippen LogP contribution in [0.4, 0.5) is 0 Å². The van der Waals surface area contributed by atoms with Gasteiger partial charge in [-0.15, -0.1) is 0 Å². The van der Waals surface area contributed by atoms with Gasteiger partial charge in [-0.1, -0.05) is 41.4 Å². The van der Waals surface area contributed by atoms with E-state index in [1.807, 2.05) is 18.2 Å². The summed E-state index contributed by atoms with van der Waals surface area (Å²) in [5.74, 6) is 0. The van der Waals surface area contributed by atoms with Gasteiger partial charge in [0.2, 0.25) is 0 Å². The highest BCUT2D eigenvalue weighted by Gasteiger charge is 2.08. The van der Waals surface area contributed by atoms with Crippen molar-refractivity contribution in [1.82, 2.24) is 14.8 Å². The highest BCUT2D eigenvalue weighted by molar-refractivity contribution is 6.32. The molecular formula is C14H9Cl2N3O. The zero-order chi connectivity index (χ0) is 14.1. The second kappa shape index (κ2) is 5.23. The first-order valence-electron chi connectivity index (χ1n) is 5.91. The highest BCUT2D eigenvalue weighted by atomic mass is 35.5. The van der Waals surface area contributed by atoms with Crippen molar-refractivity contribution in [2.24, 2.45) is 0 Å². The molecule has 20 heavy (non-hydrogen) atoms. The molecule has 0 aliphatic rings. The molecule has 100 valence electrons. The number of halogens is 2. The van der Waals surface area contributed by atoms with E-state index in [-0.39, 0.29) is 12.1 Å². The largest absolute Gasteiger partial charge is 0.274 e. The number of fused-ring (bicyclic) bond motifs is 1. The summed E-state index contributed by atoms with van der Waals surface area (Å²) >= 11 is 11.9. The van der Waals surface area contributed by atoms with Gasteiger partial charge in [-0.3, -0.25) is 4.79 Å². The Morgan fingerprint density at radius 3 is 2.75 bits per heavy atom. The van der Waals surface area contributed by atoms with Crippen LogP contribution in [-0.2, 0) is 6.54 Å². The summed E-state index contributed by atoms with van der Waals surface area (Å²) < 4.78 is 1.33. The van der Waals surface area contributed by atoms with Crippen molar-refractivity contribution in [2.45, 2.75) is 6.54 Å². The molecule has 6 heteroatoms. The van der Waals surface area contributed by atoms with Crippen molar-refractivity contribution in [3.05, 3.63) is 68.8 Å². The van der Waals surface area contributed by atoms with Crippen molar-refractivity contribution >= 4 is 34.0 Å². The average molecular weight is 306 g/mol. The van der Waals surface area contributed by atoms with Crippen LogP contribution in [0.25, 0.3) is 10.8 Å². The summed E-state index contributed by atoms with van der Waals surface area (Å²) in [5.41, 5.74) is 0.338. The number of pyridine rings is 1. The lowest BCUT2D eigenvalue weighted by atomic mass is 10.2. The predicted molar refractivity (Wildman–Crippen MR) is 79.4 cm³/mol. The third-order valence-corrected chi connectivity index (χ3v) is 3.50. The maximum Gasteiger partial charge on any atom is 0.274 e. The molecule has 0 radical (unpaired) electrons. The van der Waals surface area contributed by atoms with Crippen molar-refractivity contribution in [1.29, 1.82) is 0 Å². The summed E-state index contributed by atoms with van der Waals surface area (Å²) in [6.07, 6.45) is 1.65. The number of hydrogen-bond donors (Lipinski definition) is 0. The molecule has 0 aliphatic carbocycles. The molecule has 3 aromatic rings. The van der Waals surface area contributed by atoms with Gasteiger partial charge in [-0.05, 0) is 18.2 Å². The van der Waals surface area contributed by atoms with Crippen molar-refractivity contribution in [3.8, 4) is 0 Å². The Balaban J connectivity index is 2.09. The molecule has 0 amide bonds. The Hall–Kier alpha value is -1.91. The van der Waals surface area contributed by atoms with Gasteiger partial charge in [0.15, 0.2) is 0 Å². The van der Waals surface area contributed by atoms with E-state index in [2.05, 4.69) is 10.1 Å². The van der Waals surface area contributed by atoms with Crippen LogP contribution < -0.4 is 5.56 Å². The topological polar surface area (TPSA) is 47.8 Å². The second-order valence-electron chi connectivity index (χ2n) is 4.26. The molecule has 4 nitrogen and oxygen atoms in total. The minimum Gasteiger partial charge on any atom is -0.267 e. The first kappa shape index (κ1) is 13.1. The van der Waals surface area contributed by atoms with Gasteiger partial charge < -0.3 is 0 Å². The van der Waals surface area contributed by atoms with Gasteiger partial charge in [0.1, 0.15) is 5.15 Å². The Labute approximate surface area is 124 Å². The van der Waals surface area contributed by atoms with Gasteiger partial charge >= 0.3 is 0 Å². The van der Waals surface area contributed by atoms with Gasteiger partial charge in [-0.25, -0.2) is 9.67 Å². The zero-order valence-electron chi connectivity index (χ0n) is 10.3. The maximum atomic E-state index is 12.3. The molecule has 0 saturated carbocycles. The van der Waals surface area contributed by atoms with Gasteiger partial charge in [0.05, 0.1) is 28.8 Å². The van der Waals surface area contributed by atoms with Crippen LogP contribution in [0.2, 0.25) is 10.2 Å². The summed E-state index contributed by atoms with van der Waals surface area (Å²) in [6.45, 7) is 0.184. The normalized spacial score (nSPS) is 10.9. The summed E-state index contributed by atoms with van der Waals surface area (Å²) in [6, 6.07) is 10.5. The first-order valence-corrected chi connectivity index (χ1v) is 6.66. The molecule has 0 saturated heterocycles. The minimum atomic E-state index is -0.180. The summed E-state index contributed by atoms with van der Waals surface area (Å²) in [5, 5.41) is 6.34. The lowest BCUT2D eigenvalue weighted by molar-refractivity contribution is 0.636. The molecule has 0 bridgehead atoms. The molecule has 0 unspecified atom stereocenters. The summed E-state index contributed by atoms with van der Waals surface area (Å²) in [7, 11) is 0. The van der Waals surface area contributed by atoms with Crippen molar-refractivity contribution in [3.63, 3.8) is 0 Å². The van der Waals surface area contributed by atoms with Crippen LogP contribution in [-0.4, -0.2) is 14.8 Å². The minimum absolute atomic E-state index is 0.180. The lowest BCUT2D eigenvalue weighted by Gasteiger charge is -2.07. The summed E-state index contributed by atoms with van der Waals surface area (Å²) in [4.78, 5) is 16.4. The predicted octanol–water partition coefficient (Wildman–Crippen LogP) is 3.15. The van der Waals surface area contributed by atoms with E-state index in [9.17, 15) is 4.79 Å². The fraction of sp³-hybridized carbons (Fsp3) is 0.0714. The first-order chi connectivity index (χ1) is 9.65. The lowest BCUT2D eigenvalue weighted by Crippen LogP contribution is -2.23. The molecule has 0 atom stereocenters. The number of nitrogens with zero attached hydrogens (tertiary/aromatic N) is 3. The monoisotopic (exact) mass is 305 g/mol. The van der Waals surface area contributed by atoms with Crippen LogP contribution in [0.1, 0.15) is 5.69 Å². The third kappa shape index (κ3) is 2.40. The SMILES string of the molecule is O=c1c2ccccc2cnn1Cc1nc(Cl)ccc1Cl. The highest BCUT2D eigenvalue weighted by Crippen LogP contribution is 2.17. The molecule has 1 aromatic carbocycles. The standard InChI is InChI=1S/C14H9Cl2N3O/c15-11-5-6-13(16)18-12(11)8-19-14(20)10-4-2-1-3-9(10)7-17-19/h1-7H,8H2. The maximum absolute atomic E-state index is 12.3. The molecule has 0 N–H and O–H groups in total. The number of benzene rings is 1. The number of hydrogen-bond acceptors (Lipinski definition) is 3. The van der Waals surface area contributed by atoms with E-state index in [1.165, 1.54) is 4.68 Å². The quantitative estimate of drug-likeness (QED) is 0.683. The van der Waals surface area contributed by atoms with Crippen LogP contribution in [0.15, 0.2) is 47.4 Å². The second-order valence-corrected chi connectivity index (χ2v) is 5.05. The molecular weight excluding hydrogens is 297 g/mol. The average Bonchev–Trinajstić information content (AvgIpc) is 2.46. The fourth-order valence-electron chi connectivity index (χ4n) is 1.95. The smallest absolute Gasteiger partial charge is 0.267 e. The molecule has 3 rings (SSSR count). The third-order valence-electron chi connectivity index (χ3n) is 2.95. The number of aromatic nitrogens is 3. The van der Waals surface area contributed by atoms with Crippen LogP contribution in [0, 0.1) is 0 Å². The van der Waals surface area contributed by atoms with E-state index in [0.717, 1.165) is 5.39 Å². The molecule has 2 aromatic heterocycles. The zero-order valence-corrected chi connectivity index (χ0v) is 11.8. The Bertz CT molecular complexity index is 845. The van der Waals surface area contributed by atoms with E-state index in [4.69, 9.17) is 23.2 Å². The van der Waals surface area contributed by atoms with Crippen molar-refractivity contribution in [2.75, 3.05) is 0 Å². The van der Waals surface area contributed by atoms with Gasteiger partial charge in [0, 0.05) is 5.39 Å². The van der Waals surface area contributed by atoms with E-state index < -0.39 is 0 Å². The molecule has 0 aliphatic heterocycles. The van der Waals surface area contributed by atoms with E-state index in [0.29, 0.717) is 21.3 Å². The Morgan fingerprint density at radius 1 is 1.10 bits per heavy atom. The van der Waals surface area contributed by atoms with Crippen LogP contribution >= 0.6 is 23.2 Å². The van der Waals surface area contributed by atoms with Crippen molar-refractivity contribution < 1.29 is 0 Å². The van der Waals surface area contributed by atoms with E-state index in [1.54, 1.807) is 24.4 Å². The molecule has 0 fully saturated rings.